The van der Waals surface area contributed by atoms with Crippen LogP contribution in [0.25, 0.3) is 0 Å². The van der Waals surface area contributed by atoms with E-state index in [1.165, 1.54) is 23.9 Å². The summed E-state index contributed by atoms with van der Waals surface area (Å²) in [4.78, 5) is 27.0. The molecule has 1 heterocycles. The number of fused-ring (bicyclic) bond motifs is 2. The summed E-state index contributed by atoms with van der Waals surface area (Å²) in [6.45, 7) is 0. The lowest BCUT2D eigenvalue weighted by Gasteiger charge is -2.23. The number of carbonyl (C=O) groups is 1. The third-order valence-corrected chi connectivity index (χ3v) is 5.40. The van der Waals surface area contributed by atoms with E-state index in [1.54, 1.807) is 47.4 Å². The van der Waals surface area contributed by atoms with Gasteiger partial charge in [-0.2, -0.15) is 0 Å². The fourth-order valence-electron chi connectivity index (χ4n) is 2.81. The van der Waals surface area contributed by atoms with Gasteiger partial charge in [0.2, 0.25) is 0 Å². The number of benzene rings is 3. The van der Waals surface area contributed by atoms with E-state index in [1.807, 2.05) is 12.1 Å². The predicted molar refractivity (Wildman–Crippen MR) is 102 cm³/mol. The molecule has 1 aliphatic heterocycles. The molecule has 0 radical (unpaired) electrons. The smallest absolute Gasteiger partial charge is 0.270 e. The normalized spacial score (nSPS) is 13.0. The Labute approximate surface area is 158 Å². The van der Waals surface area contributed by atoms with Gasteiger partial charge in [-0.3, -0.25) is 19.8 Å². The SMILES string of the molecule is O=C1c2ccccc2Sc2cc([N+](=O)[O-])ccc2N1c1ccc(Cl)cc1. The van der Waals surface area contributed by atoms with Gasteiger partial charge in [-0.1, -0.05) is 35.5 Å². The van der Waals surface area contributed by atoms with Crippen LogP contribution in [0.15, 0.2) is 76.5 Å². The molecule has 4 rings (SSSR count). The Hall–Kier alpha value is -2.83. The Morgan fingerprint density at radius 2 is 1.69 bits per heavy atom. The third kappa shape index (κ3) is 2.83. The number of anilines is 2. The lowest BCUT2D eigenvalue weighted by Crippen LogP contribution is -2.25. The van der Waals surface area contributed by atoms with E-state index in [9.17, 15) is 14.9 Å². The van der Waals surface area contributed by atoms with Crippen LogP contribution in [0.4, 0.5) is 17.1 Å². The maximum atomic E-state index is 13.2. The molecule has 0 saturated heterocycles. The molecule has 0 bridgehead atoms. The molecule has 0 N–H and O–H groups in total. The Kier molecular flexibility index (Phi) is 4.14. The highest BCUT2D eigenvalue weighted by Gasteiger charge is 2.29. The second-order valence-electron chi connectivity index (χ2n) is 5.62. The van der Waals surface area contributed by atoms with Crippen LogP contribution >= 0.6 is 23.4 Å². The first-order valence-corrected chi connectivity index (χ1v) is 8.89. The lowest BCUT2D eigenvalue weighted by atomic mass is 10.1. The molecule has 1 amide bonds. The van der Waals surface area contributed by atoms with Gasteiger partial charge < -0.3 is 0 Å². The van der Waals surface area contributed by atoms with Gasteiger partial charge >= 0.3 is 0 Å². The largest absolute Gasteiger partial charge is 0.276 e. The summed E-state index contributed by atoms with van der Waals surface area (Å²) in [6, 6.07) is 18.7. The number of non-ortho nitro benzene ring substituents is 1. The van der Waals surface area contributed by atoms with E-state index in [4.69, 9.17) is 11.6 Å². The van der Waals surface area contributed by atoms with Crippen molar-refractivity contribution >= 4 is 46.3 Å². The van der Waals surface area contributed by atoms with Crippen molar-refractivity contribution in [1.82, 2.24) is 0 Å². The van der Waals surface area contributed by atoms with Crippen LogP contribution in [0.3, 0.4) is 0 Å². The van der Waals surface area contributed by atoms with Gasteiger partial charge in [0.25, 0.3) is 11.6 Å². The predicted octanol–water partition coefficient (Wildman–Crippen LogP) is 5.69. The zero-order chi connectivity index (χ0) is 18.3. The number of nitrogens with zero attached hydrogens (tertiary/aromatic N) is 2. The number of halogens is 1. The molecule has 3 aromatic rings. The van der Waals surface area contributed by atoms with Crippen molar-refractivity contribution in [3.8, 4) is 0 Å². The van der Waals surface area contributed by atoms with Gasteiger partial charge in [-0.05, 0) is 42.5 Å². The fourth-order valence-corrected chi connectivity index (χ4v) is 4.03. The van der Waals surface area contributed by atoms with Crippen LogP contribution < -0.4 is 4.90 Å². The minimum absolute atomic E-state index is 0.0147. The van der Waals surface area contributed by atoms with Gasteiger partial charge in [-0.15, -0.1) is 0 Å². The number of carbonyl (C=O) groups excluding carboxylic acids is 1. The highest BCUT2D eigenvalue weighted by atomic mass is 35.5. The van der Waals surface area contributed by atoms with Crippen LogP contribution in [0.1, 0.15) is 10.4 Å². The minimum Gasteiger partial charge on any atom is -0.276 e. The van der Waals surface area contributed by atoms with Gasteiger partial charge in [0.05, 0.1) is 16.2 Å². The standard InChI is InChI=1S/C19H11ClN2O3S/c20-12-5-7-13(8-6-12)21-16-10-9-14(22(24)25)11-18(16)26-17-4-2-1-3-15(17)19(21)23/h1-11H. The van der Waals surface area contributed by atoms with E-state index in [2.05, 4.69) is 0 Å². The molecule has 0 saturated carbocycles. The van der Waals surface area contributed by atoms with Gasteiger partial charge in [0, 0.05) is 32.6 Å². The second kappa shape index (κ2) is 6.48. The third-order valence-electron chi connectivity index (χ3n) is 4.02. The molecule has 0 aliphatic carbocycles. The van der Waals surface area contributed by atoms with Crippen LogP contribution in [0.2, 0.25) is 5.02 Å². The van der Waals surface area contributed by atoms with Crippen molar-refractivity contribution in [2.75, 3.05) is 4.90 Å². The Morgan fingerprint density at radius 1 is 0.962 bits per heavy atom. The highest BCUT2D eigenvalue weighted by molar-refractivity contribution is 7.99. The zero-order valence-corrected chi connectivity index (χ0v) is 14.8. The summed E-state index contributed by atoms with van der Waals surface area (Å²) in [5, 5.41) is 11.7. The zero-order valence-electron chi connectivity index (χ0n) is 13.3. The molecular weight excluding hydrogens is 372 g/mol. The molecule has 7 heteroatoms. The molecule has 1 aliphatic rings. The van der Waals surface area contributed by atoms with Gasteiger partial charge in [0.1, 0.15) is 0 Å². The number of hydrogen-bond donors (Lipinski definition) is 0. The summed E-state index contributed by atoms with van der Waals surface area (Å²) in [6.07, 6.45) is 0. The van der Waals surface area contributed by atoms with Crippen molar-refractivity contribution in [3.05, 3.63) is 87.4 Å². The average molecular weight is 383 g/mol. The molecule has 0 spiro atoms. The average Bonchev–Trinajstić information content (AvgIpc) is 2.76. The molecule has 3 aromatic carbocycles. The monoisotopic (exact) mass is 382 g/mol. The molecule has 26 heavy (non-hydrogen) atoms. The van der Waals surface area contributed by atoms with E-state index >= 15 is 0 Å². The molecule has 5 nitrogen and oxygen atoms in total. The molecule has 0 unspecified atom stereocenters. The molecule has 0 fully saturated rings. The maximum absolute atomic E-state index is 13.2. The topological polar surface area (TPSA) is 63.4 Å². The molecule has 0 aromatic heterocycles. The van der Waals surface area contributed by atoms with Crippen molar-refractivity contribution in [2.24, 2.45) is 0 Å². The highest BCUT2D eigenvalue weighted by Crippen LogP contribution is 2.45. The number of nitro benzene ring substituents is 1. The first-order valence-electron chi connectivity index (χ1n) is 7.70. The minimum atomic E-state index is -0.438. The number of rotatable bonds is 2. The Morgan fingerprint density at radius 3 is 2.42 bits per heavy atom. The maximum Gasteiger partial charge on any atom is 0.270 e. The van der Waals surface area contributed by atoms with Crippen molar-refractivity contribution in [3.63, 3.8) is 0 Å². The quantitative estimate of drug-likeness (QED) is 0.421. The van der Waals surface area contributed by atoms with Crippen molar-refractivity contribution < 1.29 is 9.72 Å². The summed E-state index contributed by atoms with van der Waals surface area (Å²) in [7, 11) is 0. The van der Waals surface area contributed by atoms with Crippen LogP contribution in [-0.2, 0) is 0 Å². The van der Waals surface area contributed by atoms with E-state index in [0.29, 0.717) is 26.9 Å². The second-order valence-corrected chi connectivity index (χ2v) is 7.14. The van der Waals surface area contributed by atoms with Crippen LogP contribution in [-0.4, -0.2) is 10.8 Å². The summed E-state index contributed by atoms with van der Waals surface area (Å²) in [5.74, 6) is -0.192. The van der Waals surface area contributed by atoms with Crippen molar-refractivity contribution in [2.45, 2.75) is 9.79 Å². The first-order chi connectivity index (χ1) is 12.5. The lowest BCUT2D eigenvalue weighted by molar-refractivity contribution is -0.385. The molecular formula is C19H11ClN2O3S. The summed E-state index contributed by atoms with van der Waals surface area (Å²) >= 11 is 7.32. The Bertz CT molecular complexity index is 1040. The molecule has 0 atom stereocenters. The first kappa shape index (κ1) is 16.6. The number of hydrogen-bond acceptors (Lipinski definition) is 4. The van der Waals surface area contributed by atoms with Crippen LogP contribution in [0, 0.1) is 10.1 Å². The van der Waals surface area contributed by atoms with Gasteiger partial charge in [0.15, 0.2) is 0 Å². The van der Waals surface area contributed by atoms with Gasteiger partial charge in [-0.25, -0.2) is 0 Å². The van der Waals surface area contributed by atoms with E-state index in [0.717, 1.165) is 4.90 Å². The van der Waals surface area contributed by atoms with Crippen molar-refractivity contribution in [1.29, 1.82) is 0 Å². The number of nitro groups is 1. The van der Waals surface area contributed by atoms with E-state index < -0.39 is 4.92 Å². The van der Waals surface area contributed by atoms with Crippen LogP contribution in [0.5, 0.6) is 0 Å². The fraction of sp³-hybridized carbons (Fsp3) is 0. The van der Waals surface area contributed by atoms with E-state index in [-0.39, 0.29) is 11.6 Å². The Balaban J connectivity index is 1.96. The summed E-state index contributed by atoms with van der Waals surface area (Å²) in [5.41, 5.74) is 1.78. The number of amides is 1. The molecule has 128 valence electrons. The summed E-state index contributed by atoms with van der Waals surface area (Å²) < 4.78 is 0.